The number of hydrogen-bond donors (Lipinski definition) is 1. The third-order valence-corrected chi connectivity index (χ3v) is 4.07. The summed E-state index contributed by atoms with van der Waals surface area (Å²) in [4.78, 5) is 16.4. The van der Waals surface area contributed by atoms with Gasteiger partial charge in [-0.05, 0) is 41.9 Å². The van der Waals surface area contributed by atoms with Crippen LogP contribution in [0.15, 0.2) is 27.3 Å². The summed E-state index contributed by atoms with van der Waals surface area (Å²) in [5.74, 6) is -0.371. The molecule has 1 N–H and O–H groups in total. The first-order valence-electron chi connectivity index (χ1n) is 6.27. The Bertz CT molecular complexity index is 659. The maximum absolute atomic E-state index is 12.1. The van der Waals surface area contributed by atoms with E-state index in [2.05, 4.69) is 42.2 Å². The number of carbonyl (C=O) groups is 1. The lowest BCUT2D eigenvalue weighted by molar-refractivity contribution is 0.0527. The topological polar surface area (TPSA) is 51.2 Å². The SMILES string of the molecule is CCNc1c(C(=O)OCC)cnc2c(Br)ccc(Br)c12. The number of rotatable bonds is 4. The van der Waals surface area contributed by atoms with Gasteiger partial charge in [0.2, 0.25) is 0 Å². The summed E-state index contributed by atoms with van der Waals surface area (Å²) in [6.45, 7) is 4.80. The zero-order valence-corrected chi connectivity index (χ0v) is 14.3. The maximum atomic E-state index is 12.1. The summed E-state index contributed by atoms with van der Waals surface area (Å²) in [6.07, 6.45) is 1.55. The molecule has 4 nitrogen and oxygen atoms in total. The minimum Gasteiger partial charge on any atom is -0.462 e. The number of pyridine rings is 1. The van der Waals surface area contributed by atoms with E-state index >= 15 is 0 Å². The van der Waals surface area contributed by atoms with Crippen LogP contribution in [0.3, 0.4) is 0 Å². The van der Waals surface area contributed by atoms with Crippen molar-refractivity contribution in [1.29, 1.82) is 0 Å². The Morgan fingerprint density at radius 1 is 1.30 bits per heavy atom. The molecule has 2 aromatic rings. The van der Waals surface area contributed by atoms with Crippen molar-refractivity contribution in [2.45, 2.75) is 13.8 Å². The molecule has 0 aliphatic heterocycles. The highest BCUT2D eigenvalue weighted by Gasteiger charge is 2.18. The Labute approximate surface area is 134 Å². The molecule has 0 spiro atoms. The van der Waals surface area contributed by atoms with Crippen LogP contribution in [0.4, 0.5) is 5.69 Å². The van der Waals surface area contributed by atoms with Gasteiger partial charge >= 0.3 is 5.97 Å². The van der Waals surface area contributed by atoms with Crippen LogP contribution >= 0.6 is 31.9 Å². The molecule has 0 fully saturated rings. The fraction of sp³-hybridized carbons (Fsp3) is 0.286. The van der Waals surface area contributed by atoms with Gasteiger partial charge in [0.15, 0.2) is 0 Å². The first-order valence-corrected chi connectivity index (χ1v) is 7.86. The number of benzene rings is 1. The van der Waals surface area contributed by atoms with E-state index in [-0.39, 0.29) is 5.97 Å². The van der Waals surface area contributed by atoms with Crippen LogP contribution in [0.25, 0.3) is 10.9 Å². The molecule has 1 aromatic heterocycles. The van der Waals surface area contributed by atoms with Gasteiger partial charge in [0.1, 0.15) is 5.56 Å². The zero-order valence-electron chi connectivity index (χ0n) is 11.2. The maximum Gasteiger partial charge on any atom is 0.341 e. The summed E-state index contributed by atoms with van der Waals surface area (Å²) in [5.41, 5.74) is 1.98. The van der Waals surface area contributed by atoms with E-state index in [1.54, 1.807) is 13.1 Å². The number of nitrogens with zero attached hydrogens (tertiary/aromatic N) is 1. The van der Waals surface area contributed by atoms with Gasteiger partial charge in [0, 0.05) is 27.1 Å². The van der Waals surface area contributed by atoms with Gasteiger partial charge in [-0.15, -0.1) is 0 Å². The smallest absolute Gasteiger partial charge is 0.341 e. The van der Waals surface area contributed by atoms with E-state index in [0.29, 0.717) is 18.7 Å². The van der Waals surface area contributed by atoms with Gasteiger partial charge < -0.3 is 10.1 Å². The number of aromatic nitrogens is 1. The predicted octanol–water partition coefficient (Wildman–Crippen LogP) is 4.37. The normalized spacial score (nSPS) is 10.6. The van der Waals surface area contributed by atoms with E-state index < -0.39 is 0 Å². The number of anilines is 1. The summed E-state index contributed by atoms with van der Waals surface area (Å²) < 4.78 is 6.85. The Hall–Kier alpha value is -1.14. The Kier molecular flexibility index (Phi) is 4.99. The molecule has 0 radical (unpaired) electrons. The lowest BCUT2D eigenvalue weighted by Crippen LogP contribution is -2.11. The lowest BCUT2D eigenvalue weighted by atomic mass is 10.1. The van der Waals surface area contributed by atoms with Crippen molar-refractivity contribution < 1.29 is 9.53 Å². The standard InChI is InChI=1S/C14H14Br2N2O2/c1-3-17-12-8(14(19)20-4-2)7-18-13-10(16)6-5-9(15)11(12)13/h5-7H,3-4H2,1-2H3,(H,17,18). The van der Waals surface area contributed by atoms with Crippen molar-refractivity contribution >= 4 is 54.4 Å². The molecule has 2 rings (SSSR count). The van der Waals surface area contributed by atoms with Gasteiger partial charge in [-0.2, -0.15) is 0 Å². The summed E-state index contributed by atoms with van der Waals surface area (Å²) in [6, 6.07) is 3.84. The third kappa shape index (κ3) is 2.81. The highest BCUT2D eigenvalue weighted by molar-refractivity contribution is 9.11. The second kappa shape index (κ2) is 6.54. The van der Waals surface area contributed by atoms with E-state index in [1.165, 1.54) is 0 Å². The monoisotopic (exact) mass is 400 g/mol. The predicted molar refractivity (Wildman–Crippen MR) is 87.3 cm³/mol. The highest BCUT2D eigenvalue weighted by atomic mass is 79.9. The molecule has 0 amide bonds. The van der Waals surface area contributed by atoms with Crippen LogP contribution in [-0.2, 0) is 4.74 Å². The number of nitrogens with one attached hydrogen (secondary N) is 1. The van der Waals surface area contributed by atoms with Crippen LogP contribution in [-0.4, -0.2) is 24.1 Å². The Morgan fingerprint density at radius 2 is 2.00 bits per heavy atom. The summed E-state index contributed by atoms with van der Waals surface area (Å²) in [7, 11) is 0. The summed E-state index contributed by atoms with van der Waals surface area (Å²) in [5, 5.41) is 4.10. The van der Waals surface area contributed by atoms with Crippen molar-refractivity contribution in [3.63, 3.8) is 0 Å². The molecule has 0 aliphatic rings. The Balaban J connectivity index is 2.74. The lowest BCUT2D eigenvalue weighted by Gasteiger charge is -2.14. The van der Waals surface area contributed by atoms with E-state index in [0.717, 1.165) is 25.5 Å². The quantitative estimate of drug-likeness (QED) is 0.773. The second-order valence-corrected chi connectivity index (χ2v) is 5.76. The van der Waals surface area contributed by atoms with E-state index in [9.17, 15) is 4.79 Å². The molecule has 20 heavy (non-hydrogen) atoms. The van der Waals surface area contributed by atoms with Crippen molar-refractivity contribution in [3.05, 3.63) is 32.8 Å². The van der Waals surface area contributed by atoms with E-state index in [4.69, 9.17) is 4.74 Å². The molecule has 0 atom stereocenters. The van der Waals surface area contributed by atoms with Gasteiger partial charge in [-0.3, -0.25) is 4.98 Å². The molecule has 0 unspecified atom stereocenters. The third-order valence-electron chi connectivity index (χ3n) is 2.77. The zero-order chi connectivity index (χ0) is 14.7. The molecule has 0 bridgehead atoms. The molecule has 6 heteroatoms. The fourth-order valence-corrected chi connectivity index (χ4v) is 2.91. The molecule has 106 valence electrons. The average Bonchev–Trinajstić information content (AvgIpc) is 2.43. The van der Waals surface area contributed by atoms with Gasteiger partial charge in [-0.1, -0.05) is 15.9 Å². The molecular formula is C14H14Br2N2O2. The number of fused-ring (bicyclic) bond motifs is 1. The van der Waals surface area contributed by atoms with Gasteiger partial charge in [0.05, 0.1) is 17.8 Å². The van der Waals surface area contributed by atoms with Crippen molar-refractivity contribution in [2.75, 3.05) is 18.5 Å². The Morgan fingerprint density at radius 3 is 2.65 bits per heavy atom. The van der Waals surface area contributed by atoms with Gasteiger partial charge in [0.25, 0.3) is 0 Å². The molecule has 0 aliphatic carbocycles. The van der Waals surface area contributed by atoms with Crippen LogP contribution < -0.4 is 5.32 Å². The number of ether oxygens (including phenoxy) is 1. The minimum absolute atomic E-state index is 0.335. The minimum atomic E-state index is -0.371. The highest BCUT2D eigenvalue weighted by Crippen LogP contribution is 2.36. The van der Waals surface area contributed by atoms with Crippen molar-refractivity contribution in [2.24, 2.45) is 0 Å². The number of halogens is 2. The average molecular weight is 402 g/mol. The van der Waals surface area contributed by atoms with Crippen LogP contribution in [0.2, 0.25) is 0 Å². The fourth-order valence-electron chi connectivity index (χ4n) is 1.96. The van der Waals surface area contributed by atoms with Crippen molar-refractivity contribution in [3.8, 4) is 0 Å². The summed E-state index contributed by atoms with van der Waals surface area (Å²) >= 11 is 7.00. The first-order chi connectivity index (χ1) is 9.60. The van der Waals surface area contributed by atoms with Crippen LogP contribution in [0.1, 0.15) is 24.2 Å². The van der Waals surface area contributed by atoms with E-state index in [1.807, 2.05) is 19.1 Å². The second-order valence-electron chi connectivity index (χ2n) is 4.05. The van der Waals surface area contributed by atoms with Crippen molar-refractivity contribution in [1.82, 2.24) is 4.98 Å². The largest absolute Gasteiger partial charge is 0.462 e. The number of esters is 1. The molecule has 0 saturated heterocycles. The molecule has 0 saturated carbocycles. The van der Waals surface area contributed by atoms with Crippen LogP contribution in [0.5, 0.6) is 0 Å². The number of hydrogen-bond acceptors (Lipinski definition) is 4. The molecule has 1 aromatic carbocycles. The number of carbonyl (C=O) groups excluding carboxylic acids is 1. The first kappa shape index (κ1) is 15.3. The van der Waals surface area contributed by atoms with Crippen LogP contribution in [0, 0.1) is 0 Å². The molecule has 1 heterocycles. The molecular weight excluding hydrogens is 388 g/mol. The van der Waals surface area contributed by atoms with Gasteiger partial charge in [-0.25, -0.2) is 4.79 Å².